The summed E-state index contributed by atoms with van der Waals surface area (Å²) in [5.41, 5.74) is 12.3. The van der Waals surface area contributed by atoms with Crippen LogP contribution in [0, 0.1) is 11.3 Å². The van der Waals surface area contributed by atoms with Crippen LogP contribution in [0.1, 0.15) is 73.4 Å². The number of unbranched alkanes of at least 4 members (excludes halogenated alkanes) is 1. The quantitative estimate of drug-likeness (QED) is 0.0168. The molecular formula is C62H67N8O5PS+4. The number of carbonyl (C=O) groups is 1. The molecule has 2 aliphatic heterocycles. The highest BCUT2D eigenvalue weighted by atomic mass is 32.2. The number of aliphatic carboxylic acids is 1. The predicted octanol–water partition coefficient (Wildman–Crippen LogP) is 9.82. The molecule has 2 unspecified atom stereocenters. The fourth-order valence-corrected chi connectivity index (χ4v) is 13.2. The number of allylic oxidation sites excluding steroid dienone is 3. The Balaban J connectivity index is 0.726. The summed E-state index contributed by atoms with van der Waals surface area (Å²) >= 11 is 1.92. The van der Waals surface area contributed by atoms with E-state index in [0.29, 0.717) is 37.4 Å². The number of aryl methyl sites for hydroxylation is 2. The number of quaternary nitrogens is 1. The van der Waals surface area contributed by atoms with Crippen LogP contribution in [0.25, 0.3) is 22.0 Å². The van der Waals surface area contributed by atoms with E-state index in [2.05, 4.69) is 155 Å². The lowest BCUT2D eigenvalue weighted by molar-refractivity contribution is -0.692. The fourth-order valence-electron chi connectivity index (χ4n) is 11.3. The maximum Gasteiger partial charge on any atom is 0.331 e. The Morgan fingerprint density at radius 3 is 2.21 bits per heavy atom. The lowest BCUT2D eigenvalue weighted by Crippen LogP contribution is -2.51. The molecule has 3 aliphatic rings. The van der Waals surface area contributed by atoms with E-state index >= 15 is 0 Å². The van der Waals surface area contributed by atoms with E-state index in [1.807, 2.05) is 48.6 Å². The van der Waals surface area contributed by atoms with Crippen LogP contribution in [0.15, 0.2) is 187 Å². The number of hydrogen-bond donors (Lipinski definition) is 3. The Kier molecular flexibility index (Phi) is 16.6. The molecule has 15 heteroatoms. The molecule has 3 N–H and O–H groups in total. The third-order valence-electron chi connectivity index (χ3n) is 15.5. The van der Waals surface area contributed by atoms with Gasteiger partial charge < -0.3 is 19.8 Å². The highest BCUT2D eigenvalue weighted by Gasteiger charge is 2.36. The van der Waals surface area contributed by atoms with Gasteiger partial charge in [-0.25, -0.2) is 14.3 Å². The van der Waals surface area contributed by atoms with Gasteiger partial charge in [-0.15, -0.1) is 11.8 Å². The van der Waals surface area contributed by atoms with Gasteiger partial charge in [-0.1, -0.05) is 48.1 Å². The molecule has 1 saturated heterocycles. The number of benzene rings is 2. The van der Waals surface area contributed by atoms with Gasteiger partial charge in [0.25, 0.3) is 0 Å². The number of nitrogens with zero attached hydrogens (tertiary/aromatic N) is 8. The Bertz CT molecular complexity index is 3420. The van der Waals surface area contributed by atoms with Crippen LogP contribution in [0.3, 0.4) is 0 Å². The maximum absolute atomic E-state index is 11.3. The first-order valence-electron chi connectivity index (χ1n) is 26.8. The highest BCUT2D eigenvalue weighted by molar-refractivity contribution is 8.00. The summed E-state index contributed by atoms with van der Waals surface area (Å²) in [6.45, 7) is 4.47. The number of carboxylic acid groups (broad SMARTS) is 1. The van der Waals surface area contributed by atoms with Crippen molar-refractivity contribution >= 4 is 47.6 Å². The number of thioether (sulfide) groups is 1. The second-order valence-electron chi connectivity index (χ2n) is 21.0. The van der Waals surface area contributed by atoms with Crippen molar-refractivity contribution in [3.8, 4) is 17.2 Å². The van der Waals surface area contributed by atoms with Crippen molar-refractivity contribution in [3.63, 3.8) is 0 Å². The highest BCUT2D eigenvalue weighted by Crippen LogP contribution is 2.45. The minimum absolute atomic E-state index is 0.185. The van der Waals surface area contributed by atoms with Gasteiger partial charge in [-0.05, 0) is 97.5 Å². The molecular weight excluding hydrogens is 1000 g/mol. The van der Waals surface area contributed by atoms with Gasteiger partial charge in [0.15, 0.2) is 56.8 Å². The van der Waals surface area contributed by atoms with Gasteiger partial charge in [-0.2, -0.15) is 14.4 Å². The number of para-hydroxylation sites is 1. The van der Waals surface area contributed by atoms with Crippen molar-refractivity contribution in [2.24, 2.45) is 0 Å². The van der Waals surface area contributed by atoms with Crippen molar-refractivity contribution in [2.75, 3.05) is 37.7 Å². The third-order valence-corrected chi connectivity index (χ3v) is 17.6. The first-order chi connectivity index (χ1) is 37.3. The number of carboxylic acids is 1. The number of likely N-dealkylation sites (tertiary alicyclic amines) is 1. The third kappa shape index (κ3) is 13.5. The van der Waals surface area contributed by atoms with E-state index in [-0.39, 0.29) is 24.0 Å². The van der Waals surface area contributed by atoms with Crippen molar-refractivity contribution in [1.82, 2.24) is 14.5 Å². The molecule has 0 bridgehead atoms. The fraction of sp³-hybridized carbons (Fsp3) is 0.306. The second kappa shape index (κ2) is 24.1. The predicted molar refractivity (Wildman–Crippen MR) is 302 cm³/mol. The number of anilines is 1. The Morgan fingerprint density at radius 2 is 1.52 bits per heavy atom. The monoisotopic (exact) mass is 1070 g/mol. The first-order valence-corrected chi connectivity index (χ1v) is 29.5. The van der Waals surface area contributed by atoms with Crippen molar-refractivity contribution in [2.45, 2.75) is 93.1 Å². The normalized spacial score (nSPS) is 19.3. The second-order valence-corrected chi connectivity index (χ2v) is 24.0. The van der Waals surface area contributed by atoms with Crippen molar-refractivity contribution < 1.29 is 38.0 Å². The Hall–Kier alpha value is -7.11. The van der Waals surface area contributed by atoms with Gasteiger partial charge >= 0.3 is 13.6 Å². The summed E-state index contributed by atoms with van der Waals surface area (Å²) in [5.74, 6) is -0.580. The molecule has 7 heterocycles. The number of pyridine rings is 5. The van der Waals surface area contributed by atoms with E-state index in [1.165, 1.54) is 38.4 Å². The van der Waals surface area contributed by atoms with Crippen LogP contribution in [-0.4, -0.2) is 75.0 Å². The topological polar surface area (TPSA) is 159 Å². The van der Waals surface area contributed by atoms with Gasteiger partial charge in [-0.3, -0.25) is 14.0 Å². The summed E-state index contributed by atoms with van der Waals surface area (Å²) in [6.07, 6.45) is 29.7. The molecule has 1 aliphatic carbocycles. The largest absolute Gasteiger partial charge is 0.478 e. The van der Waals surface area contributed by atoms with Crippen LogP contribution >= 0.6 is 19.4 Å². The SMILES string of the molecule is C[N+]1(c2cc3ncccc3cc2CCCCC2=CC3Sc4ccccc4N(CCC/C(C#N)=C/C(=O)O)C3C=C2)CCC(c2cc[n+](Cc3cccc(C[n+]4ccc(-c5cc[n+](CCP(=O)(O)O)cc5)cc4)n3)cc2)CC1. The molecule has 1 fully saturated rings. The first kappa shape index (κ1) is 53.3. The Morgan fingerprint density at radius 1 is 0.844 bits per heavy atom. The van der Waals surface area contributed by atoms with Crippen LogP contribution in [0.5, 0.6) is 0 Å². The number of fused-ring (bicyclic) bond motifs is 3. The lowest BCUT2D eigenvalue weighted by atomic mass is 9.88. The number of piperidine rings is 1. The number of nitriles is 1. The van der Waals surface area contributed by atoms with E-state index in [4.69, 9.17) is 9.97 Å². The van der Waals surface area contributed by atoms with E-state index in [9.17, 15) is 29.5 Å². The summed E-state index contributed by atoms with van der Waals surface area (Å²) in [4.78, 5) is 43.2. The molecule has 0 radical (unpaired) electrons. The zero-order valence-electron chi connectivity index (χ0n) is 43.6. The van der Waals surface area contributed by atoms with E-state index < -0.39 is 13.6 Å². The molecule has 7 aromatic rings. The standard InChI is InChI=1S/C62H64N8O5PS/c1-70(36-25-51(26-37-70)50-23-33-68(34-24-50)45-55-14-6-13-54(65-55)44-67-31-21-49(22-32-67)48-19-29-66(30-20-48)35-38-76(73,74)75)59-42-56-52(12-7-27-64-56)41-53(59)11-3-2-9-46-17-18-58-61(39-46)77-60-16-5-4-15-57(60)69(58)28-8-10-47(43-63)40-62(71)72/h4-7,12-24,27,29-34,39-42,51,58,61H,2-3,8-11,25-26,28,35-38,44-45H2,1H3/q+1/p+3/b47-40-. The van der Waals surface area contributed by atoms with Gasteiger partial charge in [0.05, 0.1) is 48.7 Å². The van der Waals surface area contributed by atoms with Crippen LogP contribution in [0.2, 0.25) is 0 Å². The van der Waals surface area contributed by atoms with Crippen LogP contribution in [-0.2, 0) is 35.4 Å². The van der Waals surface area contributed by atoms with Gasteiger partial charge in [0.2, 0.25) is 0 Å². The summed E-state index contributed by atoms with van der Waals surface area (Å²) in [7, 11) is -1.62. The molecule has 2 atom stereocenters. The molecule has 77 heavy (non-hydrogen) atoms. The van der Waals surface area contributed by atoms with Crippen LogP contribution in [0.4, 0.5) is 11.4 Å². The smallest absolute Gasteiger partial charge is 0.331 e. The van der Waals surface area contributed by atoms with Gasteiger partial charge in [0.1, 0.15) is 23.2 Å². The van der Waals surface area contributed by atoms with Crippen LogP contribution < -0.4 is 23.1 Å². The zero-order chi connectivity index (χ0) is 53.4. The molecule has 5 aromatic heterocycles. The van der Waals surface area contributed by atoms with Gasteiger partial charge in [0, 0.05) is 95.5 Å². The summed E-state index contributed by atoms with van der Waals surface area (Å²) in [6, 6.07) is 38.7. The molecule has 392 valence electrons. The summed E-state index contributed by atoms with van der Waals surface area (Å²) < 4.78 is 18.3. The maximum atomic E-state index is 11.3. The lowest BCUT2D eigenvalue weighted by Gasteiger charge is -2.42. The number of aromatic nitrogens is 5. The molecule has 2 aromatic carbocycles. The molecule has 0 spiro atoms. The van der Waals surface area contributed by atoms with E-state index in [1.54, 1.807) is 4.57 Å². The zero-order valence-corrected chi connectivity index (χ0v) is 45.3. The molecule has 0 amide bonds. The average Bonchev–Trinajstić information content (AvgIpc) is 3.43. The molecule has 13 nitrogen and oxygen atoms in total. The minimum atomic E-state index is -4.04. The average molecular weight is 1070 g/mol. The number of rotatable bonds is 20. The van der Waals surface area contributed by atoms with Crippen molar-refractivity contribution in [3.05, 3.63) is 204 Å². The Labute approximate surface area is 455 Å². The number of hydrogen-bond acceptors (Lipinski definition) is 7. The summed E-state index contributed by atoms with van der Waals surface area (Å²) in [5, 5.41) is 20.1. The molecule has 10 rings (SSSR count). The molecule has 0 saturated carbocycles. The van der Waals surface area contributed by atoms with Crippen molar-refractivity contribution in [1.29, 1.82) is 5.26 Å². The van der Waals surface area contributed by atoms with E-state index in [0.717, 1.165) is 96.7 Å². The minimum Gasteiger partial charge on any atom is -0.478 e.